The molecule has 0 spiro atoms. The Morgan fingerprint density at radius 3 is 2.21 bits per heavy atom. The van der Waals surface area contributed by atoms with Crippen molar-refractivity contribution in [3.63, 3.8) is 0 Å². The van der Waals surface area contributed by atoms with Crippen LogP contribution in [-0.2, 0) is 0 Å². The number of rotatable bonds is 2. The highest BCUT2D eigenvalue weighted by atomic mass is 16.3. The highest BCUT2D eigenvalue weighted by molar-refractivity contribution is 5.50. The molecule has 0 aliphatic heterocycles. The minimum atomic E-state index is 0.120. The van der Waals surface area contributed by atoms with Crippen LogP contribution in [0.4, 0.5) is 0 Å². The average Bonchev–Trinajstić information content (AvgIpc) is 2.27. The van der Waals surface area contributed by atoms with Crippen molar-refractivity contribution in [1.29, 1.82) is 0 Å². The molecule has 19 heavy (non-hydrogen) atoms. The first kappa shape index (κ1) is 14.0. The minimum Gasteiger partial charge on any atom is -0.507 e. The van der Waals surface area contributed by atoms with Crippen LogP contribution in [-0.4, -0.2) is 10.2 Å². The van der Waals surface area contributed by atoms with Gasteiger partial charge in [-0.25, -0.2) is 0 Å². The number of aryl methyl sites for hydroxylation is 1. The van der Waals surface area contributed by atoms with Crippen LogP contribution in [0.5, 0.6) is 11.5 Å². The highest BCUT2D eigenvalue weighted by Crippen LogP contribution is 2.46. The maximum absolute atomic E-state index is 10.2. The van der Waals surface area contributed by atoms with E-state index in [0.717, 1.165) is 18.4 Å². The zero-order valence-electron chi connectivity index (χ0n) is 12.3. The Bertz CT molecular complexity index is 477. The van der Waals surface area contributed by atoms with Gasteiger partial charge in [0.1, 0.15) is 11.5 Å². The van der Waals surface area contributed by atoms with Crippen molar-refractivity contribution in [3.05, 3.63) is 34.9 Å². The fourth-order valence-corrected chi connectivity index (χ4v) is 3.23. The second kappa shape index (κ2) is 5.28. The van der Waals surface area contributed by atoms with E-state index < -0.39 is 0 Å². The molecule has 1 aromatic rings. The summed E-state index contributed by atoms with van der Waals surface area (Å²) in [6.07, 6.45) is 4.46. The van der Waals surface area contributed by atoms with Crippen LogP contribution < -0.4 is 0 Å². The molecule has 1 aromatic carbocycles. The topological polar surface area (TPSA) is 40.5 Å². The van der Waals surface area contributed by atoms with Crippen LogP contribution in [0.2, 0.25) is 0 Å². The van der Waals surface area contributed by atoms with Gasteiger partial charge in [-0.05, 0) is 56.2 Å². The fraction of sp³-hybridized carbons (Fsp3) is 0.529. The van der Waals surface area contributed by atoms with Gasteiger partial charge in [0.25, 0.3) is 0 Å². The largest absolute Gasteiger partial charge is 0.507 e. The van der Waals surface area contributed by atoms with Gasteiger partial charge in [0, 0.05) is 11.5 Å². The molecule has 0 fully saturated rings. The SMILES string of the molecule is CC1=C[C@@H](c2c(O)cc(C)cc2O)C(C(C)C)CC1. The summed E-state index contributed by atoms with van der Waals surface area (Å²) in [7, 11) is 0. The van der Waals surface area contributed by atoms with Gasteiger partial charge in [-0.2, -0.15) is 0 Å². The Hall–Kier alpha value is -1.44. The Morgan fingerprint density at radius 2 is 1.68 bits per heavy atom. The van der Waals surface area contributed by atoms with E-state index in [1.807, 2.05) is 6.92 Å². The Morgan fingerprint density at radius 1 is 1.11 bits per heavy atom. The summed E-state index contributed by atoms with van der Waals surface area (Å²) in [6, 6.07) is 3.48. The van der Waals surface area contributed by atoms with Gasteiger partial charge in [-0.1, -0.05) is 25.5 Å². The molecule has 2 nitrogen and oxygen atoms in total. The van der Waals surface area contributed by atoms with Crippen molar-refractivity contribution in [1.82, 2.24) is 0 Å². The standard InChI is InChI=1S/C17H24O2/c1-10(2)13-6-5-11(3)7-14(13)17-15(18)8-12(4)9-16(17)19/h7-10,13-14,18-19H,5-6H2,1-4H3/t13?,14-/m1/s1. The fourth-order valence-electron chi connectivity index (χ4n) is 3.23. The van der Waals surface area contributed by atoms with E-state index in [1.165, 1.54) is 5.57 Å². The van der Waals surface area contributed by atoms with Crippen molar-refractivity contribution < 1.29 is 10.2 Å². The first-order chi connectivity index (χ1) is 8.90. The summed E-state index contributed by atoms with van der Waals surface area (Å²) in [6.45, 7) is 8.44. The molecule has 0 radical (unpaired) electrons. The molecule has 2 rings (SSSR count). The van der Waals surface area contributed by atoms with E-state index >= 15 is 0 Å². The lowest BCUT2D eigenvalue weighted by Crippen LogP contribution is -2.21. The zero-order chi connectivity index (χ0) is 14.2. The molecule has 0 bridgehead atoms. The summed E-state index contributed by atoms with van der Waals surface area (Å²) in [5, 5.41) is 20.4. The zero-order valence-corrected chi connectivity index (χ0v) is 12.3. The summed E-state index contributed by atoms with van der Waals surface area (Å²) in [5.74, 6) is 1.57. The van der Waals surface area contributed by atoms with Crippen molar-refractivity contribution in [2.24, 2.45) is 11.8 Å². The average molecular weight is 260 g/mol. The maximum Gasteiger partial charge on any atom is 0.123 e. The van der Waals surface area contributed by atoms with Crippen molar-refractivity contribution >= 4 is 0 Å². The molecule has 2 heteroatoms. The molecule has 1 unspecified atom stereocenters. The molecule has 2 N–H and O–H groups in total. The Balaban J connectivity index is 2.51. The van der Waals surface area contributed by atoms with E-state index in [2.05, 4.69) is 26.8 Å². The lowest BCUT2D eigenvalue weighted by atomic mass is 9.71. The highest BCUT2D eigenvalue weighted by Gasteiger charge is 2.31. The van der Waals surface area contributed by atoms with Crippen LogP contribution in [0.1, 0.15) is 50.7 Å². The van der Waals surface area contributed by atoms with Gasteiger partial charge in [0.15, 0.2) is 0 Å². The second-order valence-corrected chi connectivity index (χ2v) is 6.20. The van der Waals surface area contributed by atoms with E-state index in [9.17, 15) is 10.2 Å². The smallest absolute Gasteiger partial charge is 0.123 e. The molecule has 0 amide bonds. The van der Waals surface area contributed by atoms with Crippen molar-refractivity contribution in [3.8, 4) is 11.5 Å². The summed E-state index contributed by atoms with van der Waals surface area (Å²) < 4.78 is 0. The molecule has 1 aliphatic rings. The van der Waals surface area contributed by atoms with Crippen LogP contribution in [0.25, 0.3) is 0 Å². The predicted molar refractivity (Wildman–Crippen MR) is 78.6 cm³/mol. The third kappa shape index (κ3) is 2.78. The van der Waals surface area contributed by atoms with E-state index in [-0.39, 0.29) is 17.4 Å². The Kier molecular flexibility index (Phi) is 3.88. The van der Waals surface area contributed by atoms with E-state index in [0.29, 0.717) is 17.4 Å². The van der Waals surface area contributed by atoms with Gasteiger partial charge < -0.3 is 10.2 Å². The molecule has 2 atom stereocenters. The minimum absolute atomic E-state index is 0.120. The molecule has 0 heterocycles. The quantitative estimate of drug-likeness (QED) is 0.768. The van der Waals surface area contributed by atoms with E-state index in [1.54, 1.807) is 12.1 Å². The van der Waals surface area contributed by atoms with Gasteiger partial charge in [0.2, 0.25) is 0 Å². The molecular formula is C17H24O2. The van der Waals surface area contributed by atoms with Gasteiger partial charge in [0.05, 0.1) is 0 Å². The molecule has 0 saturated heterocycles. The monoisotopic (exact) mass is 260 g/mol. The molecule has 104 valence electrons. The first-order valence-electron chi connectivity index (χ1n) is 7.10. The van der Waals surface area contributed by atoms with Gasteiger partial charge in [-0.3, -0.25) is 0 Å². The van der Waals surface area contributed by atoms with Crippen LogP contribution in [0.15, 0.2) is 23.8 Å². The van der Waals surface area contributed by atoms with Crippen molar-refractivity contribution in [2.45, 2.75) is 46.5 Å². The van der Waals surface area contributed by atoms with E-state index in [4.69, 9.17) is 0 Å². The number of phenols is 2. The first-order valence-corrected chi connectivity index (χ1v) is 7.10. The molecule has 0 saturated carbocycles. The van der Waals surface area contributed by atoms with Crippen LogP contribution in [0, 0.1) is 18.8 Å². The van der Waals surface area contributed by atoms with Crippen LogP contribution >= 0.6 is 0 Å². The third-order valence-electron chi connectivity index (χ3n) is 4.27. The normalized spacial score (nSPS) is 23.5. The predicted octanol–water partition coefficient (Wildman–Crippen LogP) is 4.50. The maximum atomic E-state index is 10.2. The number of hydrogen-bond donors (Lipinski definition) is 2. The number of aromatic hydroxyl groups is 2. The lowest BCUT2D eigenvalue weighted by molar-refractivity contribution is 0.304. The number of benzene rings is 1. The van der Waals surface area contributed by atoms with Crippen molar-refractivity contribution in [2.75, 3.05) is 0 Å². The van der Waals surface area contributed by atoms with Gasteiger partial charge in [-0.15, -0.1) is 0 Å². The van der Waals surface area contributed by atoms with Gasteiger partial charge >= 0.3 is 0 Å². The summed E-state index contributed by atoms with van der Waals surface area (Å²) >= 11 is 0. The molecule has 1 aliphatic carbocycles. The second-order valence-electron chi connectivity index (χ2n) is 6.20. The molecular weight excluding hydrogens is 236 g/mol. The Labute approximate surface area is 115 Å². The summed E-state index contributed by atoms with van der Waals surface area (Å²) in [4.78, 5) is 0. The number of phenolic OH excluding ortho intramolecular Hbond substituents is 2. The third-order valence-corrected chi connectivity index (χ3v) is 4.27. The number of allylic oxidation sites excluding steroid dienone is 2. The lowest BCUT2D eigenvalue weighted by Gasteiger charge is -2.33. The van der Waals surface area contributed by atoms with Crippen LogP contribution in [0.3, 0.4) is 0 Å². The number of hydrogen-bond acceptors (Lipinski definition) is 2. The summed E-state index contributed by atoms with van der Waals surface area (Å²) in [5.41, 5.74) is 2.93. The molecule has 0 aromatic heterocycles.